The second-order valence-electron chi connectivity index (χ2n) is 4.14. The van der Waals surface area contributed by atoms with Gasteiger partial charge in [-0.25, -0.2) is 0 Å². The lowest BCUT2D eigenvalue weighted by atomic mass is 10.2. The summed E-state index contributed by atoms with van der Waals surface area (Å²) in [5.74, 6) is 0. The number of allylic oxidation sites excluding steroid dienone is 6. The van der Waals surface area contributed by atoms with Crippen LogP contribution >= 0.6 is 0 Å². The average molecular weight is 234 g/mol. The van der Waals surface area contributed by atoms with E-state index in [0.29, 0.717) is 6.42 Å². The van der Waals surface area contributed by atoms with Crippen molar-refractivity contribution in [3.8, 4) is 0 Å². The zero-order chi connectivity index (χ0) is 12.6. The maximum atomic E-state index is 10.0. The predicted octanol–water partition coefficient (Wildman–Crippen LogP) is 4.99. The summed E-state index contributed by atoms with van der Waals surface area (Å²) in [5, 5.41) is 0. The van der Waals surface area contributed by atoms with Crippen molar-refractivity contribution in [1.29, 1.82) is 0 Å². The van der Waals surface area contributed by atoms with Crippen molar-refractivity contribution < 1.29 is 4.79 Å². The summed E-state index contributed by atoms with van der Waals surface area (Å²) in [5.41, 5.74) is 0. The Morgan fingerprint density at radius 3 is 1.94 bits per heavy atom. The summed E-state index contributed by atoms with van der Waals surface area (Å²) in [4.78, 5) is 10.0. The Morgan fingerprint density at radius 1 is 0.706 bits per heavy atom. The van der Waals surface area contributed by atoms with Crippen LogP contribution in [0.4, 0.5) is 0 Å². The molecule has 0 amide bonds. The Hall–Kier alpha value is -1.11. The van der Waals surface area contributed by atoms with E-state index in [4.69, 9.17) is 0 Å². The van der Waals surface area contributed by atoms with Crippen LogP contribution in [0.25, 0.3) is 0 Å². The topological polar surface area (TPSA) is 17.1 Å². The van der Waals surface area contributed by atoms with Crippen LogP contribution in [0.5, 0.6) is 0 Å². The van der Waals surface area contributed by atoms with Crippen molar-refractivity contribution in [2.75, 3.05) is 0 Å². The number of carbonyl (C=O) groups is 1. The minimum Gasteiger partial charge on any atom is -0.303 e. The van der Waals surface area contributed by atoms with Gasteiger partial charge in [0.25, 0.3) is 0 Å². The predicted molar refractivity (Wildman–Crippen MR) is 76.1 cm³/mol. The van der Waals surface area contributed by atoms with Gasteiger partial charge in [0, 0.05) is 6.42 Å². The lowest BCUT2D eigenvalue weighted by Gasteiger charge is -1.91. The molecule has 0 rings (SSSR count). The van der Waals surface area contributed by atoms with Crippen LogP contribution in [0.15, 0.2) is 36.5 Å². The van der Waals surface area contributed by atoms with E-state index in [0.717, 1.165) is 19.1 Å². The van der Waals surface area contributed by atoms with Crippen LogP contribution in [-0.2, 0) is 4.79 Å². The SMILES string of the molecule is CCCC/C=C/CCC/C=C\C=C\CCC=O. The molecule has 96 valence electrons. The lowest BCUT2D eigenvalue weighted by Crippen LogP contribution is -1.71. The Kier molecular flexibility index (Phi) is 13.9. The number of unbranched alkanes of at least 4 members (excludes halogenated alkanes) is 5. The molecular weight excluding hydrogens is 208 g/mol. The molecule has 1 heteroatoms. The Morgan fingerprint density at radius 2 is 1.29 bits per heavy atom. The number of hydrogen-bond acceptors (Lipinski definition) is 1. The quantitative estimate of drug-likeness (QED) is 0.213. The van der Waals surface area contributed by atoms with Crippen LogP contribution in [0.3, 0.4) is 0 Å². The standard InChI is InChI=1S/C16H26O/c1-2-3-4-5-6-7-8-9-10-11-12-13-14-15-16-17/h5-6,10-13,16H,2-4,7-9,14-15H2,1H3/b6-5+,11-10-,13-12+. The van der Waals surface area contributed by atoms with E-state index in [1.807, 2.05) is 12.2 Å². The smallest absolute Gasteiger partial charge is 0.120 e. The highest BCUT2D eigenvalue weighted by atomic mass is 16.1. The van der Waals surface area contributed by atoms with Crippen LogP contribution in [0.1, 0.15) is 58.3 Å². The molecule has 0 fully saturated rings. The minimum absolute atomic E-state index is 0.632. The largest absolute Gasteiger partial charge is 0.303 e. The highest BCUT2D eigenvalue weighted by Gasteiger charge is 1.81. The van der Waals surface area contributed by atoms with Crippen molar-refractivity contribution in [3.63, 3.8) is 0 Å². The number of aldehydes is 1. The van der Waals surface area contributed by atoms with Crippen LogP contribution in [0, 0.1) is 0 Å². The van der Waals surface area contributed by atoms with Crippen molar-refractivity contribution in [1.82, 2.24) is 0 Å². The first-order chi connectivity index (χ1) is 8.41. The van der Waals surface area contributed by atoms with Crippen LogP contribution in [0.2, 0.25) is 0 Å². The molecule has 0 aromatic carbocycles. The molecule has 0 aliphatic heterocycles. The van der Waals surface area contributed by atoms with Crippen molar-refractivity contribution in [2.24, 2.45) is 0 Å². The highest BCUT2D eigenvalue weighted by molar-refractivity contribution is 5.49. The zero-order valence-corrected chi connectivity index (χ0v) is 11.1. The molecule has 0 aliphatic rings. The van der Waals surface area contributed by atoms with Crippen molar-refractivity contribution in [3.05, 3.63) is 36.5 Å². The van der Waals surface area contributed by atoms with Gasteiger partial charge in [-0.05, 0) is 32.1 Å². The van der Waals surface area contributed by atoms with E-state index < -0.39 is 0 Å². The normalized spacial score (nSPS) is 12.1. The first kappa shape index (κ1) is 15.9. The van der Waals surface area contributed by atoms with E-state index in [1.165, 1.54) is 32.1 Å². The van der Waals surface area contributed by atoms with Gasteiger partial charge in [-0.15, -0.1) is 0 Å². The minimum atomic E-state index is 0.632. The van der Waals surface area contributed by atoms with Gasteiger partial charge < -0.3 is 4.79 Å². The number of hydrogen-bond donors (Lipinski definition) is 0. The summed E-state index contributed by atoms with van der Waals surface area (Å²) in [7, 11) is 0. The summed E-state index contributed by atoms with van der Waals surface area (Å²) < 4.78 is 0. The molecule has 0 aromatic heterocycles. The van der Waals surface area contributed by atoms with E-state index in [-0.39, 0.29) is 0 Å². The molecule has 17 heavy (non-hydrogen) atoms. The molecule has 0 spiro atoms. The third-order valence-electron chi connectivity index (χ3n) is 2.47. The fourth-order valence-corrected chi connectivity index (χ4v) is 1.43. The molecular formula is C16H26O. The maximum Gasteiger partial charge on any atom is 0.120 e. The van der Waals surface area contributed by atoms with E-state index in [2.05, 4.69) is 31.2 Å². The second kappa shape index (κ2) is 14.9. The van der Waals surface area contributed by atoms with E-state index >= 15 is 0 Å². The third-order valence-corrected chi connectivity index (χ3v) is 2.47. The molecule has 0 N–H and O–H groups in total. The van der Waals surface area contributed by atoms with E-state index in [9.17, 15) is 4.79 Å². The first-order valence-corrected chi connectivity index (χ1v) is 6.82. The van der Waals surface area contributed by atoms with E-state index in [1.54, 1.807) is 0 Å². The molecule has 0 aromatic rings. The second-order valence-corrected chi connectivity index (χ2v) is 4.14. The molecule has 0 unspecified atom stereocenters. The number of carbonyl (C=O) groups excluding carboxylic acids is 1. The molecule has 1 nitrogen and oxygen atoms in total. The monoisotopic (exact) mass is 234 g/mol. The third kappa shape index (κ3) is 14.9. The van der Waals surface area contributed by atoms with Gasteiger partial charge in [0.1, 0.15) is 6.29 Å². The molecule has 0 heterocycles. The van der Waals surface area contributed by atoms with Gasteiger partial charge in [-0.1, -0.05) is 56.2 Å². The molecule has 0 aliphatic carbocycles. The van der Waals surface area contributed by atoms with Gasteiger partial charge in [-0.2, -0.15) is 0 Å². The summed E-state index contributed by atoms with van der Waals surface area (Å²) >= 11 is 0. The molecule has 0 saturated heterocycles. The average Bonchev–Trinajstić information content (AvgIpc) is 2.35. The van der Waals surface area contributed by atoms with Crippen molar-refractivity contribution >= 4 is 6.29 Å². The van der Waals surface area contributed by atoms with Crippen LogP contribution in [-0.4, -0.2) is 6.29 Å². The fraction of sp³-hybridized carbons (Fsp3) is 0.562. The van der Waals surface area contributed by atoms with Gasteiger partial charge in [0.2, 0.25) is 0 Å². The van der Waals surface area contributed by atoms with Crippen molar-refractivity contribution in [2.45, 2.75) is 58.3 Å². The number of rotatable bonds is 11. The molecule has 0 bridgehead atoms. The zero-order valence-electron chi connectivity index (χ0n) is 11.1. The molecule has 0 radical (unpaired) electrons. The summed E-state index contributed by atoms with van der Waals surface area (Å²) in [6.45, 7) is 2.22. The van der Waals surface area contributed by atoms with Gasteiger partial charge >= 0.3 is 0 Å². The maximum absolute atomic E-state index is 10.0. The lowest BCUT2D eigenvalue weighted by molar-refractivity contribution is -0.107. The summed E-state index contributed by atoms with van der Waals surface area (Å²) in [6.07, 6.45) is 22.7. The van der Waals surface area contributed by atoms with Gasteiger partial charge in [0.05, 0.1) is 0 Å². The van der Waals surface area contributed by atoms with Gasteiger partial charge in [-0.3, -0.25) is 0 Å². The van der Waals surface area contributed by atoms with Crippen LogP contribution < -0.4 is 0 Å². The van der Waals surface area contributed by atoms with Gasteiger partial charge in [0.15, 0.2) is 0 Å². The Balaban J connectivity index is 3.26. The Bertz CT molecular complexity index is 236. The highest BCUT2D eigenvalue weighted by Crippen LogP contribution is 2.01. The fourth-order valence-electron chi connectivity index (χ4n) is 1.43. The summed E-state index contributed by atoms with van der Waals surface area (Å²) in [6, 6.07) is 0. The first-order valence-electron chi connectivity index (χ1n) is 6.82. The Labute approximate surface area is 106 Å². The molecule has 0 atom stereocenters. The molecule has 0 saturated carbocycles.